The molecule has 0 saturated heterocycles. The van der Waals surface area contributed by atoms with Gasteiger partial charge in [0, 0.05) is 13.1 Å². The molecule has 1 rings (SSSR count). The Morgan fingerprint density at radius 3 is 2.36 bits per heavy atom. The maximum atomic E-state index is 9.10. The van der Waals surface area contributed by atoms with E-state index >= 15 is 0 Å². The average Bonchev–Trinajstić information content (AvgIpc) is 1.85. The zero-order valence-electron chi connectivity index (χ0n) is 6.02. The molecule has 0 atom stereocenters. The summed E-state index contributed by atoms with van der Waals surface area (Å²) in [4.78, 5) is 0. The lowest BCUT2D eigenvalue weighted by molar-refractivity contribution is 0.275. The summed E-state index contributed by atoms with van der Waals surface area (Å²) in [5.74, 6) is -0.192. The first-order valence-electron chi connectivity index (χ1n) is 3.06. The predicted molar refractivity (Wildman–Crippen MR) is 40.0 cm³/mol. The molecule has 0 amide bonds. The molecule has 0 bridgehead atoms. The molecule has 0 aliphatic rings. The van der Waals surface area contributed by atoms with Gasteiger partial charge in [0.05, 0.1) is 0 Å². The van der Waals surface area contributed by atoms with Crippen molar-refractivity contribution in [3.8, 4) is 11.5 Å². The normalized spacial score (nSPS) is 9.64. The largest absolute Gasteiger partial charge is 0.508 e. The van der Waals surface area contributed by atoms with Crippen LogP contribution in [0.25, 0.3) is 0 Å². The quantitative estimate of drug-likeness (QED) is 0.528. The molecule has 3 N–H and O–H groups in total. The van der Waals surface area contributed by atoms with E-state index in [4.69, 9.17) is 15.4 Å². The van der Waals surface area contributed by atoms with Crippen molar-refractivity contribution in [3.63, 3.8) is 0 Å². The minimum absolute atomic E-state index is 0.0342. The highest BCUT2D eigenvalue weighted by Crippen LogP contribution is 2.28. The summed E-state index contributed by atoms with van der Waals surface area (Å²) in [6, 6.07) is 3.94. The van der Waals surface area contributed by atoms with E-state index in [0.717, 1.165) is 11.1 Å². The first-order valence-corrected chi connectivity index (χ1v) is 3.06. The lowest BCUT2D eigenvalue weighted by Gasteiger charge is -2.11. The van der Waals surface area contributed by atoms with Crippen molar-refractivity contribution in [2.24, 2.45) is 0 Å². The summed E-state index contributed by atoms with van der Waals surface area (Å²) < 4.78 is 0. The van der Waals surface area contributed by atoms with E-state index in [9.17, 15) is 0 Å². The van der Waals surface area contributed by atoms with Gasteiger partial charge in [0.1, 0.15) is 17.2 Å². The number of aromatic hydroxyl groups is 2. The Bertz CT molecular complexity index is 260. The van der Waals surface area contributed by atoms with Crippen molar-refractivity contribution in [1.82, 2.24) is 0 Å². The van der Waals surface area contributed by atoms with Gasteiger partial charge in [-0.3, -0.25) is 10.3 Å². The fourth-order valence-corrected chi connectivity index (χ4v) is 0.785. The highest BCUT2D eigenvalue weighted by atomic mass is 16.5. The van der Waals surface area contributed by atoms with Gasteiger partial charge in [-0.1, -0.05) is 0 Å². The first kappa shape index (κ1) is 7.68. The second-order valence-corrected chi connectivity index (χ2v) is 2.20. The summed E-state index contributed by atoms with van der Waals surface area (Å²) in [7, 11) is 1.38. The maximum Gasteiger partial charge on any atom is 0.144 e. The SMILES string of the molecule is CN(O)c1ccc(O)cc1O. The van der Waals surface area contributed by atoms with Crippen molar-refractivity contribution in [2.45, 2.75) is 0 Å². The van der Waals surface area contributed by atoms with Crippen molar-refractivity contribution < 1.29 is 15.4 Å². The van der Waals surface area contributed by atoms with Crippen molar-refractivity contribution in [1.29, 1.82) is 0 Å². The molecule has 0 saturated carbocycles. The molecule has 0 heterocycles. The van der Waals surface area contributed by atoms with Crippen LogP contribution in [-0.2, 0) is 0 Å². The molecule has 60 valence electrons. The second-order valence-electron chi connectivity index (χ2n) is 2.20. The fraction of sp³-hybridized carbons (Fsp3) is 0.143. The number of benzene rings is 1. The third-order valence-corrected chi connectivity index (χ3v) is 1.31. The van der Waals surface area contributed by atoms with E-state index in [0.29, 0.717) is 0 Å². The van der Waals surface area contributed by atoms with Gasteiger partial charge in [0.25, 0.3) is 0 Å². The Morgan fingerprint density at radius 1 is 1.27 bits per heavy atom. The summed E-state index contributed by atoms with van der Waals surface area (Å²) in [5.41, 5.74) is 0.253. The van der Waals surface area contributed by atoms with Crippen molar-refractivity contribution in [2.75, 3.05) is 12.1 Å². The van der Waals surface area contributed by atoms with Crippen LogP contribution in [0.4, 0.5) is 5.69 Å². The van der Waals surface area contributed by atoms with Gasteiger partial charge < -0.3 is 10.2 Å². The molecule has 1 aromatic carbocycles. The van der Waals surface area contributed by atoms with E-state index in [1.807, 2.05) is 0 Å². The molecular formula is C7H9NO3. The lowest BCUT2D eigenvalue weighted by atomic mass is 10.3. The smallest absolute Gasteiger partial charge is 0.144 e. The molecule has 0 fully saturated rings. The highest BCUT2D eigenvalue weighted by molar-refractivity contribution is 5.57. The van der Waals surface area contributed by atoms with Crippen LogP contribution in [0.5, 0.6) is 11.5 Å². The summed E-state index contributed by atoms with van der Waals surface area (Å²) in [6.45, 7) is 0. The molecule has 0 radical (unpaired) electrons. The van der Waals surface area contributed by atoms with Crippen LogP contribution in [0.2, 0.25) is 0 Å². The van der Waals surface area contributed by atoms with Crippen LogP contribution in [-0.4, -0.2) is 22.5 Å². The standard InChI is InChI=1S/C7H9NO3/c1-8(11)6-3-2-5(9)4-7(6)10/h2-4,9-11H,1H3. The molecule has 11 heavy (non-hydrogen) atoms. The Hall–Kier alpha value is -1.42. The summed E-state index contributed by atoms with van der Waals surface area (Å²) in [6.07, 6.45) is 0. The second kappa shape index (κ2) is 2.67. The Balaban J connectivity index is 3.09. The third kappa shape index (κ3) is 1.53. The molecule has 0 aromatic heterocycles. The number of rotatable bonds is 1. The fourth-order valence-electron chi connectivity index (χ4n) is 0.785. The average molecular weight is 155 g/mol. The zero-order valence-corrected chi connectivity index (χ0v) is 6.02. The van der Waals surface area contributed by atoms with Crippen LogP contribution >= 0.6 is 0 Å². The van der Waals surface area contributed by atoms with Crippen LogP contribution in [0.3, 0.4) is 0 Å². The maximum absolute atomic E-state index is 9.10. The number of hydrogen-bond acceptors (Lipinski definition) is 4. The van der Waals surface area contributed by atoms with Crippen molar-refractivity contribution in [3.05, 3.63) is 18.2 Å². The first-order chi connectivity index (χ1) is 5.11. The molecule has 4 nitrogen and oxygen atoms in total. The van der Waals surface area contributed by atoms with Crippen LogP contribution < -0.4 is 5.06 Å². The number of nitrogens with zero attached hydrogens (tertiary/aromatic N) is 1. The number of anilines is 1. The van der Waals surface area contributed by atoms with Crippen LogP contribution in [0.15, 0.2) is 18.2 Å². The molecule has 0 aliphatic carbocycles. The van der Waals surface area contributed by atoms with Crippen LogP contribution in [0, 0.1) is 0 Å². The van der Waals surface area contributed by atoms with Gasteiger partial charge >= 0.3 is 0 Å². The summed E-state index contributed by atoms with van der Waals surface area (Å²) in [5, 5.41) is 27.6. The number of hydroxylamine groups is 1. The minimum atomic E-state index is -0.157. The monoisotopic (exact) mass is 155 g/mol. The molecule has 0 aliphatic heterocycles. The van der Waals surface area contributed by atoms with Crippen molar-refractivity contribution >= 4 is 5.69 Å². The van der Waals surface area contributed by atoms with E-state index in [1.54, 1.807) is 0 Å². The molecule has 4 heteroatoms. The Labute approximate surface area is 63.9 Å². The number of hydrogen-bond donors (Lipinski definition) is 3. The predicted octanol–water partition coefficient (Wildman–Crippen LogP) is 0.923. The zero-order chi connectivity index (χ0) is 8.43. The van der Waals surface area contributed by atoms with Gasteiger partial charge in [-0.15, -0.1) is 0 Å². The lowest BCUT2D eigenvalue weighted by Crippen LogP contribution is -2.09. The Morgan fingerprint density at radius 2 is 1.91 bits per heavy atom. The minimum Gasteiger partial charge on any atom is -0.508 e. The van der Waals surface area contributed by atoms with Gasteiger partial charge in [-0.05, 0) is 12.1 Å². The van der Waals surface area contributed by atoms with E-state index in [-0.39, 0.29) is 17.2 Å². The Kier molecular flexibility index (Phi) is 1.87. The van der Waals surface area contributed by atoms with E-state index in [1.165, 1.54) is 19.2 Å². The third-order valence-electron chi connectivity index (χ3n) is 1.31. The van der Waals surface area contributed by atoms with Gasteiger partial charge in [0.15, 0.2) is 0 Å². The highest BCUT2D eigenvalue weighted by Gasteiger charge is 2.03. The number of phenolic OH excluding ortho intramolecular Hbond substituents is 2. The molecule has 0 spiro atoms. The number of phenols is 2. The van der Waals surface area contributed by atoms with Gasteiger partial charge in [-0.2, -0.15) is 0 Å². The molecule has 1 aromatic rings. The topological polar surface area (TPSA) is 63.9 Å². The van der Waals surface area contributed by atoms with E-state index in [2.05, 4.69) is 0 Å². The summed E-state index contributed by atoms with van der Waals surface area (Å²) >= 11 is 0. The van der Waals surface area contributed by atoms with Gasteiger partial charge in [0.2, 0.25) is 0 Å². The van der Waals surface area contributed by atoms with Crippen LogP contribution in [0.1, 0.15) is 0 Å². The van der Waals surface area contributed by atoms with Gasteiger partial charge in [-0.25, -0.2) is 0 Å². The van der Waals surface area contributed by atoms with E-state index < -0.39 is 0 Å². The molecule has 0 unspecified atom stereocenters. The molecular weight excluding hydrogens is 146 g/mol.